The van der Waals surface area contributed by atoms with Crippen LogP contribution in [0, 0.1) is 0 Å². The number of piperidine rings is 1. The lowest BCUT2D eigenvalue weighted by molar-refractivity contribution is 0.00103. The minimum absolute atomic E-state index is 0.0965. The van der Waals surface area contributed by atoms with Gasteiger partial charge in [-0.05, 0) is 45.1 Å². The predicted octanol–water partition coefficient (Wildman–Crippen LogP) is 2.75. The molecule has 6 heteroatoms. The van der Waals surface area contributed by atoms with Gasteiger partial charge in [0.05, 0.1) is 6.10 Å². The Balaban J connectivity index is 1.48. The van der Waals surface area contributed by atoms with Gasteiger partial charge in [-0.3, -0.25) is 4.68 Å². The summed E-state index contributed by atoms with van der Waals surface area (Å²) in [5.74, 6) is 0.518. The molecule has 0 aromatic carbocycles. The van der Waals surface area contributed by atoms with Gasteiger partial charge in [0, 0.05) is 50.1 Å². The average molecular weight is 334 g/mol. The average Bonchev–Trinajstić information content (AvgIpc) is 3.10. The van der Waals surface area contributed by atoms with E-state index in [4.69, 9.17) is 4.74 Å². The van der Waals surface area contributed by atoms with Gasteiger partial charge in [0.25, 0.3) is 0 Å². The first-order valence-corrected chi connectivity index (χ1v) is 9.40. The van der Waals surface area contributed by atoms with Crippen molar-refractivity contribution in [2.24, 2.45) is 0 Å². The molecule has 2 amide bonds. The van der Waals surface area contributed by atoms with Gasteiger partial charge in [-0.2, -0.15) is 5.10 Å². The summed E-state index contributed by atoms with van der Waals surface area (Å²) in [6.45, 7) is 7.58. The fraction of sp³-hybridized carbons (Fsp3) is 0.778. The summed E-state index contributed by atoms with van der Waals surface area (Å²) in [4.78, 5) is 14.5. The molecule has 1 N–H and O–H groups in total. The maximum atomic E-state index is 12.5. The highest BCUT2D eigenvalue weighted by atomic mass is 16.5. The lowest BCUT2D eigenvalue weighted by Gasteiger charge is -2.35. The molecule has 0 spiro atoms. The number of nitrogens with zero attached hydrogens (tertiary/aromatic N) is 3. The standard InChI is InChI=1S/C18H30N4O2/c1-3-16-13-15(8-12-24-16)20-18(23)21-10-6-14(7-11-21)17-5-9-19-22(17)4-2/h5,9,14-16H,3-4,6-8,10-13H2,1-2H3,(H,20,23). The van der Waals surface area contributed by atoms with Crippen molar-refractivity contribution in [3.63, 3.8) is 0 Å². The van der Waals surface area contributed by atoms with E-state index in [9.17, 15) is 4.79 Å². The van der Waals surface area contributed by atoms with Crippen LogP contribution in [0.25, 0.3) is 0 Å². The topological polar surface area (TPSA) is 59.4 Å². The molecule has 2 aliphatic heterocycles. The first-order chi connectivity index (χ1) is 11.7. The number of hydrogen-bond acceptors (Lipinski definition) is 3. The summed E-state index contributed by atoms with van der Waals surface area (Å²) in [7, 11) is 0. The van der Waals surface area contributed by atoms with E-state index >= 15 is 0 Å². The van der Waals surface area contributed by atoms with Crippen LogP contribution in [-0.2, 0) is 11.3 Å². The Morgan fingerprint density at radius 1 is 1.33 bits per heavy atom. The molecule has 0 bridgehead atoms. The van der Waals surface area contributed by atoms with Gasteiger partial charge in [-0.15, -0.1) is 0 Å². The second-order valence-corrected chi connectivity index (χ2v) is 6.90. The Labute approximate surface area is 144 Å². The van der Waals surface area contributed by atoms with Crippen molar-refractivity contribution in [1.29, 1.82) is 0 Å². The van der Waals surface area contributed by atoms with Crippen LogP contribution in [0.5, 0.6) is 0 Å². The third kappa shape index (κ3) is 3.91. The van der Waals surface area contributed by atoms with Crippen LogP contribution in [0.3, 0.4) is 0 Å². The van der Waals surface area contributed by atoms with Crippen LogP contribution < -0.4 is 5.32 Å². The number of aryl methyl sites for hydroxylation is 1. The van der Waals surface area contributed by atoms with Crippen molar-refractivity contribution >= 4 is 6.03 Å². The zero-order valence-electron chi connectivity index (χ0n) is 14.9. The number of hydrogen-bond donors (Lipinski definition) is 1. The number of ether oxygens (including phenoxy) is 1. The minimum Gasteiger partial charge on any atom is -0.378 e. The Hall–Kier alpha value is -1.56. The van der Waals surface area contributed by atoms with E-state index in [-0.39, 0.29) is 12.1 Å². The lowest BCUT2D eigenvalue weighted by atomic mass is 9.93. The maximum Gasteiger partial charge on any atom is 0.317 e. The number of aromatic nitrogens is 2. The van der Waals surface area contributed by atoms with E-state index in [1.54, 1.807) is 0 Å². The van der Waals surface area contributed by atoms with Crippen molar-refractivity contribution in [3.8, 4) is 0 Å². The molecule has 2 fully saturated rings. The number of nitrogens with one attached hydrogen (secondary N) is 1. The van der Waals surface area contributed by atoms with Crippen molar-refractivity contribution < 1.29 is 9.53 Å². The quantitative estimate of drug-likeness (QED) is 0.921. The SMILES string of the molecule is CCC1CC(NC(=O)N2CCC(c3ccnn3CC)CC2)CCO1. The molecule has 2 unspecified atom stereocenters. The second-order valence-electron chi connectivity index (χ2n) is 6.90. The highest BCUT2D eigenvalue weighted by Gasteiger charge is 2.28. The second kappa shape index (κ2) is 8.01. The summed E-state index contributed by atoms with van der Waals surface area (Å²) in [6, 6.07) is 2.48. The summed E-state index contributed by atoms with van der Waals surface area (Å²) in [5.41, 5.74) is 1.31. The van der Waals surface area contributed by atoms with Gasteiger partial charge in [-0.1, -0.05) is 6.92 Å². The van der Waals surface area contributed by atoms with Gasteiger partial charge in [0.2, 0.25) is 0 Å². The van der Waals surface area contributed by atoms with Crippen LogP contribution in [0.4, 0.5) is 4.79 Å². The van der Waals surface area contributed by atoms with Gasteiger partial charge in [-0.25, -0.2) is 4.79 Å². The molecular weight excluding hydrogens is 304 g/mol. The lowest BCUT2D eigenvalue weighted by Crippen LogP contribution is -2.50. The van der Waals surface area contributed by atoms with E-state index in [1.807, 2.05) is 11.1 Å². The van der Waals surface area contributed by atoms with Crippen LogP contribution in [-0.4, -0.2) is 52.6 Å². The number of carbonyl (C=O) groups is 1. The molecule has 6 nitrogen and oxygen atoms in total. The fourth-order valence-corrected chi connectivity index (χ4v) is 3.89. The minimum atomic E-state index is 0.0965. The molecule has 2 aliphatic rings. The van der Waals surface area contributed by atoms with E-state index in [1.165, 1.54) is 5.69 Å². The Kier molecular flexibility index (Phi) is 5.76. The van der Waals surface area contributed by atoms with Crippen LogP contribution >= 0.6 is 0 Å². The monoisotopic (exact) mass is 334 g/mol. The summed E-state index contributed by atoms with van der Waals surface area (Å²) in [6.07, 6.45) is 7.09. The normalized spacial score (nSPS) is 25.7. The Morgan fingerprint density at radius 2 is 2.12 bits per heavy atom. The van der Waals surface area contributed by atoms with Gasteiger partial charge < -0.3 is 15.0 Å². The molecule has 3 rings (SSSR count). The summed E-state index contributed by atoms with van der Waals surface area (Å²) < 4.78 is 7.77. The zero-order valence-corrected chi connectivity index (χ0v) is 14.9. The van der Waals surface area contributed by atoms with Gasteiger partial charge in [0.1, 0.15) is 0 Å². The largest absolute Gasteiger partial charge is 0.378 e. The molecule has 0 saturated carbocycles. The third-order valence-corrected chi connectivity index (χ3v) is 5.40. The Bertz CT molecular complexity index is 537. The molecule has 2 saturated heterocycles. The molecular formula is C18H30N4O2. The highest BCUT2D eigenvalue weighted by Crippen LogP contribution is 2.28. The van der Waals surface area contributed by atoms with E-state index in [0.717, 1.165) is 58.3 Å². The Morgan fingerprint density at radius 3 is 2.83 bits per heavy atom. The molecule has 2 atom stereocenters. The van der Waals surface area contributed by atoms with E-state index < -0.39 is 0 Å². The number of amides is 2. The molecule has 1 aromatic heterocycles. The smallest absolute Gasteiger partial charge is 0.317 e. The fourth-order valence-electron chi connectivity index (χ4n) is 3.89. The maximum absolute atomic E-state index is 12.5. The van der Waals surface area contributed by atoms with Crippen LogP contribution in [0.2, 0.25) is 0 Å². The molecule has 24 heavy (non-hydrogen) atoms. The zero-order chi connectivity index (χ0) is 16.9. The van der Waals surface area contributed by atoms with Crippen LogP contribution in [0.15, 0.2) is 12.3 Å². The van der Waals surface area contributed by atoms with Crippen molar-refractivity contribution in [2.45, 2.75) is 70.6 Å². The molecule has 134 valence electrons. The van der Waals surface area contributed by atoms with Crippen molar-refractivity contribution in [1.82, 2.24) is 20.0 Å². The number of rotatable bonds is 4. The van der Waals surface area contributed by atoms with Crippen LogP contribution in [0.1, 0.15) is 57.6 Å². The number of carbonyl (C=O) groups excluding carboxylic acids is 1. The van der Waals surface area contributed by atoms with E-state index in [0.29, 0.717) is 12.0 Å². The van der Waals surface area contributed by atoms with Gasteiger partial charge in [0.15, 0.2) is 0 Å². The van der Waals surface area contributed by atoms with Crippen molar-refractivity contribution in [3.05, 3.63) is 18.0 Å². The van der Waals surface area contributed by atoms with Crippen molar-refractivity contribution in [2.75, 3.05) is 19.7 Å². The number of urea groups is 1. The summed E-state index contributed by atoms with van der Waals surface area (Å²) >= 11 is 0. The first kappa shape index (κ1) is 17.3. The molecule has 3 heterocycles. The summed E-state index contributed by atoms with van der Waals surface area (Å²) in [5, 5.41) is 7.58. The number of likely N-dealkylation sites (tertiary alicyclic amines) is 1. The molecule has 1 aromatic rings. The highest BCUT2D eigenvalue weighted by molar-refractivity contribution is 5.74. The molecule has 0 radical (unpaired) electrons. The van der Waals surface area contributed by atoms with E-state index in [2.05, 4.69) is 35.0 Å². The van der Waals surface area contributed by atoms with Gasteiger partial charge >= 0.3 is 6.03 Å². The third-order valence-electron chi connectivity index (χ3n) is 5.40. The molecule has 0 aliphatic carbocycles. The first-order valence-electron chi connectivity index (χ1n) is 9.40. The predicted molar refractivity (Wildman–Crippen MR) is 93.0 cm³/mol.